The van der Waals surface area contributed by atoms with Crippen LogP contribution in [-0.2, 0) is 23.3 Å². The third-order valence-corrected chi connectivity index (χ3v) is 8.10. The first kappa shape index (κ1) is 37.7. The maximum Gasteiger partial charge on any atom is -0.0114 e. The van der Waals surface area contributed by atoms with Gasteiger partial charge in [0.15, 0.2) is 0 Å². The predicted octanol–water partition coefficient (Wildman–Crippen LogP) is 6.45. The maximum atomic E-state index is 2.34. The molecule has 0 aromatic heterocycles. The van der Waals surface area contributed by atoms with Crippen molar-refractivity contribution in [2.75, 3.05) is 0 Å². The van der Waals surface area contributed by atoms with Crippen molar-refractivity contribution in [3.63, 3.8) is 0 Å². The third-order valence-electron chi connectivity index (χ3n) is 8.10. The molecule has 0 N–H and O–H groups in total. The van der Waals surface area contributed by atoms with E-state index in [-0.39, 0.29) is 30.2 Å². The van der Waals surface area contributed by atoms with Crippen LogP contribution in [0.15, 0.2) is 121 Å². The second-order valence-electron chi connectivity index (χ2n) is 12.4. The number of benzene rings is 5. The summed E-state index contributed by atoms with van der Waals surface area (Å²) in [5.41, 5.74) is 10.9. The van der Waals surface area contributed by atoms with Gasteiger partial charge in [0.1, 0.15) is 0 Å². The van der Waals surface area contributed by atoms with Gasteiger partial charge < -0.3 is 24.8 Å². The molecule has 4 heteroatoms. The van der Waals surface area contributed by atoms with Crippen molar-refractivity contribution >= 4 is 37.8 Å². The number of halogens is 2. The SMILES string of the molecule is C[Si](C)=[Zr+2].Cc1cc2c(-c3cccc4ccccc34)ccc(C)c2[cH-]1.Cc1cccc(-c2cccc3[cH-]c(C(C)C)cc23)c1.[Cl-].[Cl-]. The van der Waals surface area contributed by atoms with Gasteiger partial charge in [-0.25, -0.2) is 0 Å². The average Bonchev–Trinajstić information content (AvgIpc) is 3.62. The van der Waals surface area contributed by atoms with Gasteiger partial charge in [0.05, 0.1) is 0 Å². The fourth-order valence-corrected chi connectivity index (χ4v) is 5.94. The van der Waals surface area contributed by atoms with Gasteiger partial charge in [0, 0.05) is 0 Å². The second-order valence-corrected chi connectivity index (χ2v) is 21.8. The molecule has 0 atom stereocenters. The molecule has 0 aliphatic heterocycles. The molecule has 7 rings (SSSR count). The van der Waals surface area contributed by atoms with E-state index in [1.807, 2.05) is 0 Å². The minimum atomic E-state index is 0. The van der Waals surface area contributed by atoms with E-state index in [1.54, 1.807) is 23.3 Å². The van der Waals surface area contributed by atoms with Crippen LogP contribution in [0.3, 0.4) is 0 Å². The van der Waals surface area contributed by atoms with Crippen LogP contribution in [-0.4, -0.2) is 5.43 Å². The van der Waals surface area contributed by atoms with E-state index in [0.29, 0.717) is 5.92 Å². The quantitative estimate of drug-likeness (QED) is 0.145. The fourth-order valence-electron chi connectivity index (χ4n) is 5.94. The minimum absolute atomic E-state index is 0. The molecule has 46 heavy (non-hydrogen) atoms. The molecule has 7 aromatic carbocycles. The Hall–Kier alpha value is -2.74. The summed E-state index contributed by atoms with van der Waals surface area (Å²) in [7, 11) is 0. The molecule has 234 valence electrons. The van der Waals surface area contributed by atoms with Crippen molar-refractivity contribution in [1.29, 1.82) is 0 Å². The molecule has 0 saturated carbocycles. The average molecular weight is 737 g/mol. The zero-order chi connectivity index (χ0) is 31.4. The van der Waals surface area contributed by atoms with Gasteiger partial charge in [-0.05, 0) is 34.7 Å². The Balaban J connectivity index is 0.000000217. The number of aryl methyl sites for hydroxylation is 3. The summed E-state index contributed by atoms with van der Waals surface area (Å²) in [6.07, 6.45) is 0. The Kier molecular flexibility index (Phi) is 13.9. The van der Waals surface area contributed by atoms with E-state index in [2.05, 4.69) is 169 Å². The largest absolute Gasteiger partial charge is 1.00 e. The number of hydrogen-bond donors (Lipinski definition) is 0. The summed E-state index contributed by atoms with van der Waals surface area (Å²) < 4.78 is 0. The first-order valence-electron chi connectivity index (χ1n) is 15.6. The van der Waals surface area contributed by atoms with Crippen molar-refractivity contribution < 1.29 is 48.1 Å². The van der Waals surface area contributed by atoms with Gasteiger partial charge in [0.25, 0.3) is 0 Å². The second kappa shape index (κ2) is 16.9. The summed E-state index contributed by atoms with van der Waals surface area (Å²) >= 11 is 1.74. The molecule has 0 aliphatic carbocycles. The normalized spacial score (nSPS) is 10.5. The molecular formula is C42H42Cl2SiZr-2. The molecule has 0 nitrogen and oxygen atoms in total. The molecule has 0 unspecified atom stereocenters. The van der Waals surface area contributed by atoms with Gasteiger partial charge in [0.2, 0.25) is 0 Å². The standard InChI is InChI=1S/C21H17.C19H19.C2H6Si.2ClH.Zr/c1-14-12-20-15(2)10-11-19(21(20)13-14)18-9-5-7-16-6-3-4-8-17(16)18;1-13(2)17-11-16-8-5-9-18(19(16)12-17)15-7-4-6-14(3)10-15;1-3-2;;;/h3-13H,1-2H3;4-13H,1-3H3;1-2H3;2*1H;/q2*-1;;;;+2/p-2. The molecule has 0 bridgehead atoms. The van der Waals surface area contributed by atoms with Gasteiger partial charge >= 0.3 is 41.9 Å². The molecular weight excluding hydrogens is 695 g/mol. The smallest absolute Gasteiger partial charge is 0.0114 e. The Labute approximate surface area is 303 Å². The van der Waals surface area contributed by atoms with E-state index >= 15 is 0 Å². The Morgan fingerprint density at radius 1 is 0.609 bits per heavy atom. The van der Waals surface area contributed by atoms with Crippen LogP contribution in [0.25, 0.3) is 54.6 Å². The fraction of sp³-hybridized carbons (Fsp3) is 0.190. The van der Waals surface area contributed by atoms with Crippen LogP contribution in [0, 0.1) is 20.8 Å². The first-order chi connectivity index (χ1) is 21.1. The van der Waals surface area contributed by atoms with Crippen LogP contribution in [0.4, 0.5) is 0 Å². The molecule has 0 saturated heterocycles. The van der Waals surface area contributed by atoms with Crippen molar-refractivity contribution in [3.8, 4) is 22.3 Å². The topological polar surface area (TPSA) is 0 Å². The molecule has 0 fully saturated rings. The van der Waals surface area contributed by atoms with Gasteiger partial charge in [-0.15, -0.1) is 68.6 Å². The zero-order valence-corrected chi connectivity index (χ0v) is 32.9. The number of fused-ring (bicyclic) bond motifs is 3. The van der Waals surface area contributed by atoms with Crippen LogP contribution >= 0.6 is 0 Å². The summed E-state index contributed by atoms with van der Waals surface area (Å²) in [6.45, 7) is 15.6. The summed E-state index contributed by atoms with van der Waals surface area (Å²) in [6, 6.07) is 44.3. The predicted molar refractivity (Wildman–Crippen MR) is 193 cm³/mol. The summed E-state index contributed by atoms with van der Waals surface area (Å²) in [4.78, 5) is 0. The zero-order valence-electron chi connectivity index (χ0n) is 27.9. The number of rotatable bonds is 3. The van der Waals surface area contributed by atoms with Crippen molar-refractivity contribution in [1.82, 2.24) is 0 Å². The molecule has 7 aromatic rings. The monoisotopic (exact) mass is 734 g/mol. The molecule has 0 amide bonds. The van der Waals surface area contributed by atoms with Gasteiger partial charge in [-0.2, -0.15) is 12.1 Å². The first-order valence-corrected chi connectivity index (χ1v) is 21.7. The number of hydrogen-bond acceptors (Lipinski definition) is 0. The summed E-state index contributed by atoms with van der Waals surface area (Å²) in [5.74, 6) is 0.581. The van der Waals surface area contributed by atoms with Crippen molar-refractivity contribution in [2.24, 2.45) is 0 Å². The third kappa shape index (κ3) is 8.78. The molecule has 0 aliphatic rings. The minimum Gasteiger partial charge on any atom is -1.00 e. The van der Waals surface area contributed by atoms with E-state index in [4.69, 9.17) is 0 Å². The van der Waals surface area contributed by atoms with Crippen molar-refractivity contribution in [3.05, 3.63) is 144 Å². The van der Waals surface area contributed by atoms with Crippen LogP contribution in [0.1, 0.15) is 42.0 Å². The van der Waals surface area contributed by atoms with Crippen LogP contribution in [0.5, 0.6) is 0 Å². The van der Waals surface area contributed by atoms with E-state index in [9.17, 15) is 0 Å². The molecule has 0 spiro atoms. The van der Waals surface area contributed by atoms with Crippen molar-refractivity contribution in [2.45, 2.75) is 53.6 Å². The molecule has 0 radical (unpaired) electrons. The maximum absolute atomic E-state index is 2.34. The Morgan fingerprint density at radius 2 is 1.24 bits per heavy atom. The van der Waals surface area contributed by atoms with Gasteiger partial charge in [-0.1, -0.05) is 123 Å². The van der Waals surface area contributed by atoms with E-state index in [1.165, 1.54) is 76.8 Å². The van der Waals surface area contributed by atoms with E-state index in [0.717, 1.165) is 0 Å². The van der Waals surface area contributed by atoms with Gasteiger partial charge in [-0.3, -0.25) is 0 Å². The van der Waals surface area contributed by atoms with Crippen LogP contribution in [0.2, 0.25) is 13.1 Å². The summed E-state index contributed by atoms with van der Waals surface area (Å²) in [5, 5.41) is 8.08. The Morgan fingerprint density at radius 3 is 1.96 bits per heavy atom. The van der Waals surface area contributed by atoms with Crippen LogP contribution < -0.4 is 24.8 Å². The molecule has 0 heterocycles. The van der Waals surface area contributed by atoms with E-state index < -0.39 is 0 Å². The Bertz CT molecular complexity index is 2070.